The van der Waals surface area contributed by atoms with Gasteiger partial charge in [0.2, 0.25) is 0 Å². The summed E-state index contributed by atoms with van der Waals surface area (Å²) >= 11 is 0. The van der Waals surface area contributed by atoms with Gasteiger partial charge in [0.1, 0.15) is 5.75 Å². The lowest BCUT2D eigenvalue weighted by molar-refractivity contribution is 0.0726. The van der Waals surface area contributed by atoms with Crippen molar-refractivity contribution in [2.45, 2.75) is 6.92 Å². The second kappa shape index (κ2) is 5.06. The van der Waals surface area contributed by atoms with Gasteiger partial charge < -0.3 is 4.74 Å². The van der Waals surface area contributed by atoms with Gasteiger partial charge in [0.05, 0.1) is 17.8 Å². The average Bonchev–Trinajstić information content (AvgIpc) is 2.91. The fraction of sp³-hybridized carbons (Fsp3) is 0.0667. The molecule has 1 aromatic carbocycles. The lowest BCUT2D eigenvalue weighted by Gasteiger charge is -2.05. The molecule has 6 heteroatoms. The number of esters is 1. The minimum absolute atomic E-state index is 0.243. The molecule has 2 aromatic heterocycles. The van der Waals surface area contributed by atoms with Crippen LogP contribution in [0.5, 0.6) is 5.75 Å². The molecule has 0 saturated carbocycles. The molecule has 2 heterocycles. The Morgan fingerprint density at radius 2 is 2.24 bits per heavy atom. The Kier molecular flexibility index (Phi) is 3.09. The summed E-state index contributed by atoms with van der Waals surface area (Å²) in [5.74, 6) is -0.173. The first-order valence-electron chi connectivity index (χ1n) is 6.21. The van der Waals surface area contributed by atoms with E-state index in [2.05, 4.69) is 16.2 Å². The molecule has 0 aliphatic carbocycles. The highest BCUT2D eigenvalue weighted by atomic mass is 16.5. The van der Waals surface area contributed by atoms with Crippen molar-refractivity contribution in [3.63, 3.8) is 0 Å². The third kappa shape index (κ3) is 2.32. The van der Waals surface area contributed by atoms with Crippen LogP contribution in [0.4, 0.5) is 0 Å². The maximum Gasteiger partial charge on any atom is 0.364 e. The Balaban J connectivity index is 1.90. The van der Waals surface area contributed by atoms with Gasteiger partial charge in [-0.1, -0.05) is 0 Å². The summed E-state index contributed by atoms with van der Waals surface area (Å²) in [7, 11) is 0. The minimum Gasteiger partial charge on any atom is -0.422 e. The third-order valence-corrected chi connectivity index (χ3v) is 3.02. The molecule has 0 unspecified atom stereocenters. The van der Waals surface area contributed by atoms with E-state index >= 15 is 0 Å². The van der Waals surface area contributed by atoms with Gasteiger partial charge in [-0.25, -0.2) is 14.3 Å². The van der Waals surface area contributed by atoms with Crippen LogP contribution in [-0.4, -0.2) is 20.6 Å². The SMILES string of the molecule is Cc1cc(OC(=O)c2cnc3cccnn23)ccc1C#N. The van der Waals surface area contributed by atoms with Gasteiger partial charge in [-0.2, -0.15) is 10.4 Å². The normalized spacial score (nSPS) is 10.3. The molecule has 21 heavy (non-hydrogen) atoms. The van der Waals surface area contributed by atoms with Crippen molar-refractivity contribution < 1.29 is 9.53 Å². The smallest absolute Gasteiger partial charge is 0.364 e. The van der Waals surface area contributed by atoms with Crippen LogP contribution in [0.25, 0.3) is 5.65 Å². The van der Waals surface area contributed by atoms with E-state index in [0.29, 0.717) is 17.0 Å². The molecule has 3 rings (SSSR count). The first-order valence-corrected chi connectivity index (χ1v) is 6.21. The zero-order chi connectivity index (χ0) is 14.8. The van der Waals surface area contributed by atoms with E-state index < -0.39 is 5.97 Å². The number of aryl methyl sites for hydroxylation is 1. The summed E-state index contributed by atoms with van der Waals surface area (Å²) in [6.07, 6.45) is 2.98. The number of carbonyl (C=O) groups is 1. The molecule has 0 bridgehead atoms. The zero-order valence-corrected chi connectivity index (χ0v) is 11.1. The molecule has 0 radical (unpaired) electrons. The van der Waals surface area contributed by atoms with E-state index in [-0.39, 0.29) is 5.69 Å². The van der Waals surface area contributed by atoms with Crippen molar-refractivity contribution in [3.8, 4) is 11.8 Å². The van der Waals surface area contributed by atoms with Crippen molar-refractivity contribution in [3.05, 3.63) is 59.5 Å². The van der Waals surface area contributed by atoms with E-state index in [1.807, 2.05) is 0 Å². The number of hydrogen-bond donors (Lipinski definition) is 0. The number of fused-ring (bicyclic) bond motifs is 1. The second-order valence-electron chi connectivity index (χ2n) is 4.42. The molecule has 3 aromatic rings. The van der Waals surface area contributed by atoms with Crippen molar-refractivity contribution in [1.82, 2.24) is 14.6 Å². The van der Waals surface area contributed by atoms with E-state index in [4.69, 9.17) is 10.00 Å². The summed E-state index contributed by atoms with van der Waals surface area (Å²) in [6, 6.07) is 10.4. The van der Waals surface area contributed by atoms with E-state index in [9.17, 15) is 4.79 Å². The van der Waals surface area contributed by atoms with E-state index in [0.717, 1.165) is 5.56 Å². The number of nitrogens with zero attached hydrogens (tertiary/aromatic N) is 4. The Bertz CT molecular complexity index is 877. The molecule has 0 N–H and O–H groups in total. The predicted octanol–water partition coefficient (Wildman–Crippen LogP) is 2.13. The van der Waals surface area contributed by atoms with Crippen LogP contribution in [0.1, 0.15) is 21.6 Å². The van der Waals surface area contributed by atoms with Gasteiger partial charge in [0.15, 0.2) is 11.3 Å². The van der Waals surface area contributed by atoms with Crippen molar-refractivity contribution >= 4 is 11.6 Å². The maximum absolute atomic E-state index is 12.2. The molecule has 6 nitrogen and oxygen atoms in total. The Morgan fingerprint density at radius 1 is 1.38 bits per heavy atom. The number of hydrogen-bond acceptors (Lipinski definition) is 5. The molecular formula is C15H10N4O2. The maximum atomic E-state index is 12.2. The number of carbonyl (C=O) groups excluding carboxylic acids is 1. The summed E-state index contributed by atoms with van der Waals surface area (Å²) < 4.78 is 6.71. The molecule has 0 saturated heterocycles. The number of rotatable bonds is 2. The standard InChI is InChI=1S/C15H10N4O2/c1-10-7-12(5-4-11(10)8-16)21-15(20)13-9-17-14-3-2-6-18-19(13)14/h2-7,9H,1H3. The number of nitriles is 1. The molecule has 0 fully saturated rings. The zero-order valence-electron chi connectivity index (χ0n) is 11.1. The first-order chi connectivity index (χ1) is 10.2. The van der Waals surface area contributed by atoms with Crippen LogP contribution in [0.15, 0.2) is 42.7 Å². The highest BCUT2D eigenvalue weighted by Gasteiger charge is 2.15. The van der Waals surface area contributed by atoms with Crippen LogP contribution >= 0.6 is 0 Å². The van der Waals surface area contributed by atoms with Crippen molar-refractivity contribution in [1.29, 1.82) is 5.26 Å². The summed E-state index contributed by atoms with van der Waals surface area (Å²) in [6.45, 7) is 1.78. The Labute approximate surface area is 120 Å². The van der Waals surface area contributed by atoms with Gasteiger partial charge in [0.25, 0.3) is 0 Å². The largest absolute Gasteiger partial charge is 0.422 e. The Hall–Kier alpha value is -3.20. The van der Waals surface area contributed by atoms with Crippen molar-refractivity contribution in [2.24, 2.45) is 0 Å². The quantitative estimate of drug-likeness (QED) is 0.530. The molecular weight excluding hydrogens is 268 g/mol. The van der Waals surface area contributed by atoms with Gasteiger partial charge in [-0.05, 0) is 42.8 Å². The lowest BCUT2D eigenvalue weighted by atomic mass is 10.1. The summed E-state index contributed by atoms with van der Waals surface area (Å²) in [5.41, 5.74) is 2.11. The predicted molar refractivity (Wildman–Crippen MR) is 73.8 cm³/mol. The highest BCUT2D eigenvalue weighted by molar-refractivity contribution is 5.89. The molecule has 0 spiro atoms. The fourth-order valence-corrected chi connectivity index (χ4v) is 1.95. The van der Waals surface area contributed by atoms with Crippen LogP contribution < -0.4 is 4.74 Å². The molecule has 102 valence electrons. The third-order valence-electron chi connectivity index (χ3n) is 3.02. The Morgan fingerprint density at radius 3 is 3.00 bits per heavy atom. The van der Waals surface area contributed by atoms with Gasteiger partial charge >= 0.3 is 5.97 Å². The number of benzene rings is 1. The molecule has 0 aliphatic heterocycles. The van der Waals surface area contributed by atoms with Crippen molar-refractivity contribution in [2.75, 3.05) is 0 Å². The lowest BCUT2D eigenvalue weighted by Crippen LogP contribution is -2.12. The minimum atomic E-state index is -0.551. The van der Waals surface area contributed by atoms with E-state index in [1.165, 1.54) is 10.7 Å². The molecule has 0 amide bonds. The van der Waals surface area contributed by atoms with Crippen LogP contribution in [0.2, 0.25) is 0 Å². The topological polar surface area (TPSA) is 80.3 Å². The molecule has 0 atom stereocenters. The fourth-order valence-electron chi connectivity index (χ4n) is 1.95. The van der Waals surface area contributed by atoms with Gasteiger partial charge in [-0.15, -0.1) is 0 Å². The van der Waals surface area contributed by atoms with Crippen LogP contribution in [-0.2, 0) is 0 Å². The first kappa shape index (κ1) is 12.8. The molecule has 0 aliphatic rings. The highest BCUT2D eigenvalue weighted by Crippen LogP contribution is 2.18. The summed E-state index contributed by atoms with van der Waals surface area (Å²) in [4.78, 5) is 16.2. The second-order valence-corrected chi connectivity index (χ2v) is 4.42. The van der Waals surface area contributed by atoms with Gasteiger partial charge in [0, 0.05) is 6.20 Å². The van der Waals surface area contributed by atoms with Crippen LogP contribution in [0.3, 0.4) is 0 Å². The number of aromatic nitrogens is 3. The summed E-state index contributed by atoms with van der Waals surface area (Å²) in [5, 5.41) is 12.9. The number of imidazole rings is 1. The van der Waals surface area contributed by atoms with Crippen LogP contribution in [0, 0.1) is 18.3 Å². The number of ether oxygens (including phenoxy) is 1. The monoisotopic (exact) mass is 278 g/mol. The van der Waals surface area contributed by atoms with E-state index in [1.54, 1.807) is 43.5 Å². The average molecular weight is 278 g/mol. The van der Waals surface area contributed by atoms with Gasteiger partial charge in [-0.3, -0.25) is 0 Å².